The van der Waals surface area contributed by atoms with E-state index in [1.165, 1.54) is 0 Å². The van der Waals surface area contributed by atoms with Crippen LogP contribution in [0.15, 0.2) is 29.4 Å². The zero-order valence-electron chi connectivity index (χ0n) is 13.5. The summed E-state index contributed by atoms with van der Waals surface area (Å²) in [6.45, 7) is 0.886. The van der Waals surface area contributed by atoms with E-state index in [-0.39, 0.29) is 30.4 Å². The Morgan fingerprint density at radius 2 is 2.16 bits per heavy atom. The predicted octanol–water partition coefficient (Wildman–Crippen LogP) is 0.477. The Bertz CT molecular complexity index is 723. The summed E-state index contributed by atoms with van der Waals surface area (Å²) < 4.78 is 11.4. The van der Waals surface area contributed by atoms with Crippen molar-refractivity contribution in [2.24, 2.45) is 5.10 Å². The zero-order chi connectivity index (χ0) is 17.6. The van der Waals surface area contributed by atoms with Gasteiger partial charge in [0.05, 0.1) is 30.9 Å². The van der Waals surface area contributed by atoms with Crippen LogP contribution in [0.1, 0.15) is 24.8 Å². The van der Waals surface area contributed by atoms with Crippen LogP contribution in [-0.4, -0.2) is 42.9 Å². The van der Waals surface area contributed by atoms with E-state index in [4.69, 9.17) is 14.7 Å². The minimum absolute atomic E-state index is 0.195. The van der Waals surface area contributed by atoms with Gasteiger partial charge in [0.15, 0.2) is 0 Å². The lowest BCUT2D eigenvalue weighted by Gasteiger charge is -2.32. The summed E-state index contributed by atoms with van der Waals surface area (Å²) in [5.74, 6) is 0.107. The van der Waals surface area contributed by atoms with E-state index in [2.05, 4.69) is 21.9 Å². The number of benzene rings is 1. The lowest BCUT2D eigenvalue weighted by atomic mass is 10.1. The third-order valence-electron chi connectivity index (χ3n) is 4.05. The Balaban J connectivity index is 1.63. The fourth-order valence-electron chi connectivity index (χ4n) is 2.67. The van der Waals surface area contributed by atoms with Crippen LogP contribution < -0.4 is 15.5 Å². The Morgan fingerprint density at radius 3 is 2.84 bits per heavy atom. The number of hydrogen-bond acceptors (Lipinski definition) is 6. The largest absolute Gasteiger partial charge is 0.488 e. The van der Waals surface area contributed by atoms with Crippen LogP contribution >= 0.6 is 0 Å². The molecule has 2 heterocycles. The topological polar surface area (TPSA) is 113 Å². The molecule has 1 saturated heterocycles. The van der Waals surface area contributed by atoms with Crippen LogP contribution in [0.4, 0.5) is 0 Å². The summed E-state index contributed by atoms with van der Waals surface area (Å²) >= 11 is 0. The van der Waals surface area contributed by atoms with E-state index in [0.717, 1.165) is 0 Å². The summed E-state index contributed by atoms with van der Waals surface area (Å²) in [6.07, 6.45) is 0.948. The molecule has 25 heavy (non-hydrogen) atoms. The minimum Gasteiger partial charge on any atom is -0.488 e. The first-order chi connectivity index (χ1) is 12.2. The molecule has 0 saturated carbocycles. The van der Waals surface area contributed by atoms with Gasteiger partial charge >= 0.3 is 0 Å². The molecule has 0 radical (unpaired) electrons. The Labute approximate surface area is 144 Å². The van der Waals surface area contributed by atoms with Gasteiger partial charge in [-0.1, -0.05) is 0 Å². The lowest BCUT2D eigenvalue weighted by Crippen LogP contribution is -2.53. The highest BCUT2D eigenvalue weighted by molar-refractivity contribution is 6.39. The number of nitrogens with one attached hydrogen (secondary N) is 2. The van der Waals surface area contributed by atoms with E-state index in [9.17, 15) is 9.59 Å². The van der Waals surface area contributed by atoms with E-state index >= 15 is 0 Å². The SMILES string of the molecule is N#Cc1ccc(O[C@@H]2CCOC[C@H]2NC(=O)C2=NNC(=O)CC2)cc1. The first-order valence-electron chi connectivity index (χ1n) is 8.06. The van der Waals surface area contributed by atoms with Crippen molar-refractivity contribution in [2.75, 3.05) is 13.2 Å². The second-order valence-electron chi connectivity index (χ2n) is 5.83. The fraction of sp³-hybridized carbons (Fsp3) is 0.412. The van der Waals surface area contributed by atoms with Crippen molar-refractivity contribution in [2.45, 2.75) is 31.4 Å². The van der Waals surface area contributed by atoms with Crippen molar-refractivity contribution < 1.29 is 19.1 Å². The lowest BCUT2D eigenvalue weighted by molar-refractivity contribution is -0.121. The molecule has 2 aliphatic rings. The molecular formula is C17H18N4O4. The van der Waals surface area contributed by atoms with Gasteiger partial charge in [0.25, 0.3) is 5.91 Å². The Hall–Kier alpha value is -2.92. The molecule has 3 rings (SSSR count). The van der Waals surface area contributed by atoms with Crippen LogP contribution in [0.25, 0.3) is 0 Å². The number of carbonyl (C=O) groups is 2. The molecule has 0 aliphatic carbocycles. The summed E-state index contributed by atoms with van der Waals surface area (Å²) in [6, 6.07) is 8.56. The second kappa shape index (κ2) is 7.77. The predicted molar refractivity (Wildman–Crippen MR) is 87.8 cm³/mol. The smallest absolute Gasteiger partial charge is 0.267 e. The van der Waals surface area contributed by atoms with Crippen molar-refractivity contribution in [1.29, 1.82) is 5.26 Å². The molecule has 0 unspecified atom stereocenters. The molecule has 1 fully saturated rings. The average molecular weight is 342 g/mol. The van der Waals surface area contributed by atoms with Gasteiger partial charge in [0.2, 0.25) is 5.91 Å². The monoisotopic (exact) mass is 342 g/mol. The molecule has 1 aromatic rings. The van der Waals surface area contributed by atoms with Gasteiger partial charge in [-0.3, -0.25) is 9.59 Å². The molecule has 8 nitrogen and oxygen atoms in total. The van der Waals surface area contributed by atoms with Crippen molar-refractivity contribution in [1.82, 2.24) is 10.7 Å². The molecule has 2 atom stereocenters. The van der Waals surface area contributed by atoms with Crippen molar-refractivity contribution >= 4 is 17.5 Å². The maximum absolute atomic E-state index is 12.3. The number of nitriles is 1. The number of rotatable bonds is 4. The summed E-state index contributed by atoms with van der Waals surface area (Å²) in [7, 11) is 0. The van der Waals surface area contributed by atoms with Crippen LogP contribution in [0.2, 0.25) is 0 Å². The standard InChI is InChI=1S/C17H18N4O4/c18-9-11-1-3-12(4-2-11)25-15-7-8-24-10-14(15)19-17(23)13-5-6-16(22)21-20-13/h1-4,14-15H,5-8,10H2,(H,19,23)(H,21,22)/t14-,15-/m1/s1. The number of hydrazone groups is 1. The highest BCUT2D eigenvalue weighted by Gasteiger charge is 2.30. The number of hydrogen-bond donors (Lipinski definition) is 2. The molecule has 0 bridgehead atoms. The molecule has 0 aromatic heterocycles. The Morgan fingerprint density at radius 1 is 1.36 bits per heavy atom. The van der Waals surface area contributed by atoms with Crippen LogP contribution in [0.3, 0.4) is 0 Å². The van der Waals surface area contributed by atoms with Crippen LogP contribution in [0, 0.1) is 11.3 Å². The van der Waals surface area contributed by atoms with Crippen molar-refractivity contribution in [3.8, 4) is 11.8 Å². The van der Waals surface area contributed by atoms with Gasteiger partial charge in [-0.05, 0) is 24.3 Å². The third kappa shape index (κ3) is 4.33. The van der Waals surface area contributed by atoms with Gasteiger partial charge in [-0.25, -0.2) is 5.43 Å². The number of ether oxygens (including phenoxy) is 2. The van der Waals surface area contributed by atoms with Crippen LogP contribution in [0.5, 0.6) is 5.75 Å². The molecule has 2 N–H and O–H groups in total. The van der Waals surface area contributed by atoms with Gasteiger partial charge in [0.1, 0.15) is 17.6 Å². The van der Waals surface area contributed by atoms with E-state index < -0.39 is 0 Å². The molecule has 2 amide bonds. The van der Waals surface area contributed by atoms with E-state index in [1.54, 1.807) is 24.3 Å². The molecular weight excluding hydrogens is 324 g/mol. The molecule has 1 aromatic carbocycles. The fourth-order valence-corrected chi connectivity index (χ4v) is 2.67. The zero-order valence-corrected chi connectivity index (χ0v) is 13.5. The van der Waals surface area contributed by atoms with Gasteiger partial charge in [-0.15, -0.1) is 0 Å². The van der Waals surface area contributed by atoms with Gasteiger partial charge < -0.3 is 14.8 Å². The second-order valence-corrected chi connectivity index (χ2v) is 5.83. The molecule has 8 heteroatoms. The molecule has 130 valence electrons. The first kappa shape index (κ1) is 16.9. The Kier molecular flexibility index (Phi) is 5.26. The average Bonchev–Trinajstić information content (AvgIpc) is 2.64. The van der Waals surface area contributed by atoms with Gasteiger partial charge in [-0.2, -0.15) is 10.4 Å². The van der Waals surface area contributed by atoms with Crippen molar-refractivity contribution in [3.05, 3.63) is 29.8 Å². The quantitative estimate of drug-likeness (QED) is 0.826. The normalized spacial score (nSPS) is 23.0. The molecule has 0 spiro atoms. The summed E-state index contributed by atoms with van der Waals surface area (Å²) in [4.78, 5) is 23.4. The van der Waals surface area contributed by atoms with Crippen LogP contribution in [-0.2, 0) is 14.3 Å². The minimum atomic E-state index is -0.330. The number of carbonyl (C=O) groups excluding carboxylic acids is 2. The first-order valence-corrected chi connectivity index (χ1v) is 8.06. The number of amides is 2. The van der Waals surface area contributed by atoms with E-state index in [1.807, 2.05) is 0 Å². The highest BCUT2D eigenvalue weighted by atomic mass is 16.5. The van der Waals surface area contributed by atoms with E-state index in [0.29, 0.717) is 43.1 Å². The number of nitrogens with zero attached hydrogens (tertiary/aromatic N) is 2. The maximum atomic E-state index is 12.3. The highest BCUT2D eigenvalue weighted by Crippen LogP contribution is 2.19. The summed E-state index contributed by atoms with van der Waals surface area (Å²) in [5.41, 5.74) is 3.16. The summed E-state index contributed by atoms with van der Waals surface area (Å²) in [5, 5.41) is 15.5. The van der Waals surface area contributed by atoms with Gasteiger partial charge in [0, 0.05) is 19.3 Å². The maximum Gasteiger partial charge on any atom is 0.267 e. The van der Waals surface area contributed by atoms with Crippen molar-refractivity contribution in [3.63, 3.8) is 0 Å². The molecule has 2 aliphatic heterocycles. The third-order valence-corrected chi connectivity index (χ3v) is 4.05.